The third-order valence-corrected chi connectivity index (χ3v) is 3.77. The molecule has 1 N–H and O–H groups in total. The Morgan fingerprint density at radius 3 is 2.58 bits per heavy atom. The first-order valence-electron chi connectivity index (χ1n) is 7.67. The fraction of sp³-hybridized carbons (Fsp3) is 0.167. The van der Waals surface area contributed by atoms with Gasteiger partial charge in [0.25, 0.3) is 11.8 Å². The number of nitrogens with one attached hydrogen (secondary N) is 1. The van der Waals surface area contributed by atoms with Crippen LogP contribution in [0.15, 0.2) is 42.5 Å². The number of hydrogen-bond donors (Lipinski definition) is 1. The summed E-state index contributed by atoms with van der Waals surface area (Å²) in [5.74, 6) is -1.84. The van der Waals surface area contributed by atoms with Crippen LogP contribution in [0.1, 0.15) is 26.3 Å². The number of halogens is 2. The van der Waals surface area contributed by atoms with Crippen molar-refractivity contribution < 1.29 is 27.9 Å². The van der Waals surface area contributed by atoms with Gasteiger partial charge >= 0.3 is 6.61 Å². The Hall–Kier alpha value is -3.29. The van der Waals surface area contributed by atoms with Crippen LogP contribution in [0.4, 0.5) is 14.5 Å². The molecule has 0 fully saturated rings. The molecule has 3 rings (SSSR count). The topological polar surface area (TPSA) is 75.7 Å². The van der Waals surface area contributed by atoms with Crippen LogP contribution in [0.5, 0.6) is 5.75 Å². The molecule has 3 amide bonds. The van der Waals surface area contributed by atoms with Crippen LogP contribution in [0.2, 0.25) is 0 Å². The van der Waals surface area contributed by atoms with E-state index < -0.39 is 30.9 Å². The first kappa shape index (κ1) is 17.5. The first-order valence-corrected chi connectivity index (χ1v) is 7.67. The smallest absolute Gasteiger partial charge is 0.387 e. The summed E-state index contributed by atoms with van der Waals surface area (Å²) in [6.07, 6.45) is 0. The molecule has 6 nitrogen and oxygen atoms in total. The van der Waals surface area contributed by atoms with E-state index in [-0.39, 0.29) is 22.6 Å². The molecule has 1 aliphatic heterocycles. The van der Waals surface area contributed by atoms with E-state index >= 15 is 0 Å². The SMILES string of the molecule is Cc1ccc2c(c1)C(=O)N(CC(=O)Nc1cccc(OC(F)F)c1)C2=O. The first-order chi connectivity index (χ1) is 12.3. The van der Waals surface area contributed by atoms with Gasteiger partial charge in [-0.2, -0.15) is 8.78 Å². The van der Waals surface area contributed by atoms with Crippen molar-refractivity contribution in [3.05, 3.63) is 59.2 Å². The third kappa shape index (κ3) is 3.53. The summed E-state index contributed by atoms with van der Waals surface area (Å²) in [6.45, 7) is -1.67. The number of anilines is 1. The number of aryl methyl sites for hydroxylation is 1. The minimum Gasteiger partial charge on any atom is -0.435 e. The van der Waals surface area contributed by atoms with Gasteiger partial charge in [-0.1, -0.05) is 17.7 Å². The lowest BCUT2D eigenvalue weighted by Gasteiger charge is -2.14. The standard InChI is InChI=1S/C18H14F2N2O4/c1-10-5-6-13-14(7-10)17(25)22(16(13)24)9-15(23)21-11-3-2-4-12(8-11)26-18(19)20/h2-8,18H,9H2,1H3,(H,21,23). The highest BCUT2D eigenvalue weighted by Gasteiger charge is 2.36. The molecular weight excluding hydrogens is 346 g/mol. The van der Waals surface area contributed by atoms with E-state index in [1.807, 2.05) is 0 Å². The summed E-state index contributed by atoms with van der Waals surface area (Å²) in [6, 6.07) is 10.3. The van der Waals surface area contributed by atoms with Crippen LogP contribution >= 0.6 is 0 Å². The molecule has 26 heavy (non-hydrogen) atoms. The number of alkyl halides is 2. The van der Waals surface area contributed by atoms with Crippen molar-refractivity contribution in [3.63, 3.8) is 0 Å². The van der Waals surface area contributed by atoms with Crippen molar-refractivity contribution in [1.82, 2.24) is 4.90 Å². The lowest BCUT2D eigenvalue weighted by Crippen LogP contribution is -2.37. The summed E-state index contributed by atoms with van der Waals surface area (Å²) in [5.41, 5.74) is 1.54. The number of fused-ring (bicyclic) bond motifs is 1. The average Bonchev–Trinajstić information content (AvgIpc) is 2.79. The monoisotopic (exact) mass is 360 g/mol. The minimum absolute atomic E-state index is 0.117. The van der Waals surface area contributed by atoms with Gasteiger partial charge in [-0.25, -0.2) is 0 Å². The Kier molecular flexibility index (Phi) is 4.66. The number of carbonyl (C=O) groups is 3. The molecule has 8 heteroatoms. The molecule has 2 aromatic carbocycles. The highest BCUT2D eigenvalue weighted by molar-refractivity contribution is 6.22. The zero-order chi connectivity index (χ0) is 18.8. The van der Waals surface area contributed by atoms with Gasteiger partial charge in [0, 0.05) is 11.8 Å². The van der Waals surface area contributed by atoms with Crippen LogP contribution in [0.25, 0.3) is 0 Å². The van der Waals surface area contributed by atoms with Gasteiger partial charge < -0.3 is 10.1 Å². The van der Waals surface area contributed by atoms with Crippen molar-refractivity contribution in [1.29, 1.82) is 0 Å². The Bertz CT molecular complexity index is 899. The molecular formula is C18H14F2N2O4. The van der Waals surface area contributed by atoms with Crippen LogP contribution in [0.3, 0.4) is 0 Å². The van der Waals surface area contributed by atoms with E-state index in [0.717, 1.165) is 10.5 Å². The van der Waals surface area contributed by atoms with Crippen LogP contribution in [-0.2, 0) is 4.79 Å². The Morgan fingerprint density at radius 2 is 1.85 bits per heavy atom. The quantitative estimate of drug-likeness (QED) is 0.832. The second-order valence-corrected chi connectivity index (χ2v) is 5.70. The summed E-state index contributed by atoms with van der Waals surface area (Å²) in [7, 11) is 0. The van der Waals surface area contributed by atoms with Gasteiger partial charge in [-0.3, -0.25) is 19.3 Å². The maximum atomic E-state index is 12.3. The normalized spacial score (nSPS) is 13.2. The number of rotatable bonds is 5. The van der Waals surface area contributed by atoms with Gasteiger partial charge in [0.05, 0.1) is 11.1 Å². The third-order valence-electron chi connectivity index (χ3n) is 3.77. The van der Waals surface area contributed by atoms with Crippen molar-refractivity contribution >= 4 is 23.4 Å². The predicted molar refractivity (Wildman–Crippen MR) is 88.2 cm³/mol. The summed E-state index contributed by atoms with van der Waals surface area (Å²) in [5, 5.41) is 2.45. The highest BCUT2D eigenvalue weighted by atomic mass is 19.3. The number of carbonyl (C=O) groups excluding carboxylic acids is 3. The van der Waals surface area contributed by atoms with Crippen molar-refractivity contribution in [2.24, 2.45) is 0 Å². The lowest BCUT2D eigenvalue weighted by molar-refractivity contribution is -0.116. The van der Waals surface area contributed by atoms with E-state index in [0.29, 0.717) is 0 Å². The van der Waals surface area contributed by atoms with Crippen LogP contribution in [0, 0.1) is 6.92 Å². The molecule has 0 aliphatic carbocycles. The molecule has 134 valence electrons. The zero-order valence-electron chi connectivity index (χ0n) is 13.7. The number of imide groups is 1. The highest BCUT2D eigenvalue weighted by Crippen LogP contribution is 2.24. The molecule has 1 aliphatic rings. The van der Waals surface area contributed by atoms with Crippen molar-refractivity contribution in [2.75, 3.05) is 11.9 Å². The fourth-order valence-electron chi connectivity index (χ4n) is 2.64. The molecule has 1 heterocycles. The largest absolute Gasteiger partial charge is 0.435 e. The molecule has 0 radical (unpaired) electrons. The Labute approximate surface area is 147 Å². The van der Waals surface area contributed by atoms with E-state index in [9.17, 15) is 23.2 Å². The van der Waals surface area contributed by atoms with Crippen LogP contribution < -0.4 is 10.1 Å². The van der Waals surface area contributed by atoms with Gasteiger partial charge in [-0.05, 0) is 31.2 Å². The lowest BCUT2D eigenvalue weighted by atomic mass is 10.1. The molecule has 0 bridgehead atoms. The Balaban J connectivity index is 1.69. The van der Waals surface area contributed by atoms with Gasteiger partial charge in [0.15, 0.2) is 0 Å². The van der Waals surface area contributed by atoms with E-state index in [1.54, 1.807) is 25.1 Å². The fourth-order valence-corrected chi connectivity index (χ4v) is 2.64. The molecule has 0 aromatic heterocycles. The number of hydrogen-bond acceptors (Lipinski definition) is 4. The number of ether oxygens (including phenoxy) is 1. The zero-order valence-corrected chi connectivity index (χ0v) is 13.7. The maximum absolute atomic E-state index is 12.3. The molecule has 0 spiro atoms. The molecule has 0 saturated heterocycles. The van der Waals surface area contributed by atoms with Crippen molar-refractivity contribution in [2.45, 2.75) is 13.5 Å². The molecule has 2 aromatic rings. The second kappa shape index (κ2) is 6.91. The maximum Gasteiger partial charge on any atom is 0.387 e. The number of benzene rings is 2. The predicted octanol–water partition coefficient (Wildman–Crippen LogP) is 2.83. The number of nitrogens with zero attached hydrogens (tertiary/aromatic N) is 1. The van der Waals surface area contributed by atoms with E-state index in [4.69, 9.17) is 0 Å². The number of amides is 3. The van der Waals surface area contributed by atoms with Crippen molar-refractivity contribution in [3.8, 4) is 5.75 Å². The van der Waals surface area contributed by atoms with Gasteiger partial charge in [0.2, 0.25) is 5.91 Å². The Morgan fingerprint density at radius 1 is 1.12 bits per heavy atom. The molecule has 0 atom stereocenters. The molecule has 0 unspecified atom stereocenters. The van der Waals surface area contributed by atoms with E-state index in [2.05, 4.69) is 10.1 Å². The van der Waals surface area contributed by atoms with Gasteiger partial charge in [0.1, 0.15) is 12.3 Å². The summed E-state index contributed by atoms with van der Waals surface area (Å²) >= 11 is 0. The summed E-state index contributed by atoms with van der Waals surface area (Å²) < 4.78 is 28.7. The summed E-state index contributed by atoms with van der Waals surface area (Å²) in [4.78, 5) is 37.7. The average molecular weight is 360 g/mol. The molecule has 0 saturated carbocycles. The van der Waals surface area contributed by atoms with Crippen LogP contribution in [-0.4, -0.2) is 35.8 Å². The second-order valence-electron chi connectivity index (χ2n) is 5.70. The van der Waals surface area contributed by atoms with Gasteiger partial charge in [-0.15, -0.1) is 0 Å². The van der Waals surface area contributed by atoms with E-state index in [1.165, 1.54) is 24.3 Å². The minimum atomic E-state index is -2.98.